The van der Waals surface area contributed by atoms with Crippen LogP contribution in [0.15, 0.2) is 60.2 Å². The molecule has 3 aromatic carbocycles. The van der Waals surface area contributed by atoms with Crippen LogP contribution in [-0.2, 0) is 9.59 Å². The van der Waals surface area contributed by atoms with E-state index in [-0.39, 0.29) is 18.1 Å². The SMILES string of the molecule is CCOc1cc(/C=C(\C#N)C(=O)Nc2ccc(F)cc2)cc(I)c1OCC(=O)Nc1ccc(C)c(C)c1. The van der Waals surface area contributed by atoms with Gasteiger partial charge in [-0.05, 0) is 115 Å². The molecule has 3 aromatic rings. The third-order valence-electron chi connectivity index (χ3n) is 5.25. The largest absolute Gasteiger partial charge is 0.490 e. The Morgan fingerprint density at radius 1 is 1.00 bits per heavy atom. The molecule has 190 valence electrons. The first-order valence-corrected chi connectivity index (χ1v) is 12.4. The fraction of sp³-hybridized carbons (Fsp3) is 0.179. The molecule has 0 heterocycles. The zero-order valence-electron chi connectivity index (χ0n) is 20.5. The van der Waals surface area contributed by atoms with Crippen molar-refractivity contribution in [2.75, 3.05) is 23.8 Å². The number of nitrogens with zero attached hydrogens (tertiary/aromatic N) is 1. The van der Waals surface area contributed by atoms with E-state index in [0.717, 1.165) is 11.1 Å². The first-order chi connectivity index (χ1) is 17.7. The number of amides is 2. The van der Waals surface area contributed by atoms with E-state index in [1.165, 1.54) is 30.3 Å². The summed E-state index contributed by atoms with van der Waals surface area (Å²) in [5.41, 5.74) is 3.62. The Hall–Kier alpha value is -3.91. The number of aryl methyl sites for hydroxylation is 2. The van der Waals surface area contributed by atoms with Crippen LogP contribution >= 0.6 is 22.6 Å². The summed E-state index contributed by atoms with van der Waals surface area (Å²) in [6, 6.07) is 16.1. The number of anilines is 2. The summed E-state index contributed by atoms with van der Waals surface area (Å²) in [6.07, 6.45) is 1.42. The van der Waals surface area contributed by atoms with E-state index in [1.54, 1.807) is 12.1 Å². The number of nitriles is 1. The number of benzene rings is 3. The van der Waals surface area contributed by atoms with Crippen LogP contribution in [0, 0.1) is 34.6 Å². The summed E-state index contributed by atoms with van der Waals surface area (Å²) < 4.78 is 25.2. The molecule has 3 rings (SSSR count). The van der Waals surface area contributed by atoms with E-state index in [0.29, 0.717) is 38.6 Å². The molecule has 0 radical (unpaired) electrons. The number of halogens is 2. The summed E-state index contributed by atoms with van der Waals surface area (Å²) in [7, 11) is 0. The second-order valence-corrected chi connectivity index (χ2v) is 9.19. The van der Waals surface area contributed by atoms with Gasteiger partial charge in [0.05, 0.1) is 10.2 Å². The van der Waals surface area contributed by atoms with Crippen LogP contribution in [0.3, 0.4) is 0 Å². The minimum Gasteiger partial charge on any atom is -0.490 e. The Labute approximate surface area is 228 Å². The smallest absolute Gasteiger partial charge is 0.266 e. The molecule has 7 nitrogen and oxygen atoms in total. The van der Waals surface area contributed by atoms with Gasteiger partial charge in [-0.3, -0.25) is 9.59 Å². The van der Waals surface area contributed by atoms with Crippen molar-refractivity contribution in [1.29, 1.82) is 5.26 Å². The van der Waals surface area contributed by atoms with Crippen molar-refractivity contribution in [1.82, 2.24) is 0 Å². The first-order valence-electron chi connectivity index (χ1n) is 11.3. The molecule has 0 aliphatic rings. The van der Waals surface area contributed by atoms with Gasteiger partial charge in [0.2, 0.25) is 0 Å². The van der Waals surface area contributed by atoms with Gasteiger partial charge in [-0.25, -0.2) is 4.39 Å². The van der Waals surface area contributed by atoms with E-state index in [2.05, 4.69) is 10.6 Å². The normalized spacial score (nSPS) is 10.9. The monoisotopic (exact) mass is 613 g/mol. The van der Waals surface area contributed by atoms with Crippen LogP contribution in [-0.4, -0.2) is 25.0 Å². The predicted octanol–water partition coefficient (Wildman–Crippen LogP) is 6.01. The Kier molecular flexibility index (Phi) is 9.63. The fourth-order valence-corrected chi connectivity index (χ4v) is 4.06. The number of hydrogen-bond acceptors (Lipinski definition) is 5. The van der Waals surface area contributed by atoms with E-state index in [4.69, 9.17) is 9.47 Å². The van der Waals surface area contributed by atoms with Crippen LogP contribution in [0.4, 0.5) is 15.8 Å². The van der Waals surface area contributed by atoms with Crippen LogP contribution in [0.5, 0.6) is 11.5 Å². The predicted molar refractivity (Wildman–Crippen MR) is 149 cm³/mol. The Bertz CT molecular complexity index is 1380. The van der Waals surface area contributed by atoms with Gasteiger partial charge in [0.1, 0.15) is 17.5 Å². The summed E-state index contributed by atoms with van der Waals surface area (Å²) in [6.45, 7) is 5.88. The molecular formula is C28H25FIN3O4. The van der Waals surface area contributed by atoms with Crippen LogP contribution in [0.2, 0.25) is 0 Å². The lowest BCUT2D eigenvalue weighted by molar-refractivity contribution is -0.118. The molecule has 0 saturated carbocycles. The molecule has 0 aromatic heterocycles. The molecule has 0 saturated heterocycles. The maximum absolute atomic E-state index is 13.1. The molecule has 0 aliphatic heterocycles. The molecule has 37 heavy (non-hydrogen) atoms. The van der Waals surface area contributed by atoms with E-state index in [9.17, 15) is 19.2 Å². The number of hydrogen-bond donors (Lipinski definition) is 2. The minimum absolute atomic E-state index is 0.149. The maximum atomic E-state index is 13.1. The van der Waals surface area contributed by atoms with Crippen molar-refractivity contribution in [2.24, 2.45) is 0 Å². The second-order valence-electron chi connectivity index (χ2n) is 8.03. The van der Waals surface area contributed by atoms with Crippen molar-refractivity contribution in [3.05, 3.63) is 86.2 Å². The molecule has 2 N–H and O–H groups in total. The van der Waals surface area contributed by atoms with Gasteiger partial charge in [0.25, 0.3) is 11.8 Å². The lowest BCUT2D eigenvalue weighted by Crippen LogP contribution is -2.20. The molecule has 9 heteroatoms. The van der Waals surface area contributed by atoms with Crippen molar-refractivity contribution in [3.63, 3.8) is 0 Å². The highest BCUT2D eigenvalue weighted by molar-refractivity contribution is 14.1. The molecule has 0 spiro atoms. The van der Waals surface area contributed by atoms with Gasteiger partial charge in [-0.2, -0.15) is 5.26 Å². The van der Waals surface area contributed by atoms with E-state index < -0.39 is 11.7 Å². The summed E-state index contributed by atoms with van der Waals surface area (Å²) in [4.78, 5) is 25.0. The Morgan fingerprint density at radius 3 is 2.35 bits per heavy atom. The standard InChI is InChI=1S/C28H25FIN3O4/c1-4-36-25-14-19(12-20(15-31)28(35)33-22-9-6-21(29)7-10-22)13-24(30)27(25)37-16-26(34)32-23-8-5-17(2)18(3)11-23/h5-14H,4,16H2,1-3H3,(H,32,34)(H,33,35)/b20-12+. The molecule has 0 fully saturated rings. The van der Waals surface area contributed by atoms with Crippen molar-refractivity contribution in [2.45, 2.75) is 20.8 Å². The highest BCUT2D eigenvalue weighted by Gasteiger charge is 2.16. The van der Waals surface area contributed by atoms with Crippen molar-refractivity contribution >= 4 is 51.9 Å². The number of ether oxygens (including phenoxy) is 2. The summed E-state index contributed by atoms with van der Waals surface area (Å²) in [5.74, 6) is -0.641. The van der Waals surface area contributed by atoms with Gasteiger partial charge >= 0.3 is 0 Å². The number of rotatable bonds is 9. The lowest BCUT2D eigenvalue weighted by atomic mass is 10.1. The molecule has 0 unspecified atom stereocenters. The van der Waals surface area contributed by atoms with Gasteiger partial charge in [-0.1, -0.05) is 6.07 Å². The maximum Gasteiger partial charge on any atom is 0.266 e. The van der Waals surface area contributed by atoms with Crippen LogP contribution in [0.1, 0.15) is 23.6 Å². The van der Waals surface area contributed by atoms with Gasteiger partial charge in [0, 0.05) is 11.4 Å². The first kappa shape index (κ1) is 27.7. The van der Waals surface area contributed by atoms with Gasteiger partial charge in [0.15, 0.2) is 18.1 Å². The lowest BCUT2D eigenvalue weighted by Gasteiger charge is -2.15. The molecule has 0 atom stereocenters. The summed E-state index contributed by atoms with van der Waals surface area (Å²) >= 11 is 2.04. The third-order valence-corrected chi connectivity index (χ3v) is 6.05. The molecular weight excluding hydrogens is 588 g/mol. The van der Waals surface area contributed by atoms with E-state index in [1.807, 2.05) is 67.6 Å². The fourth-order valence-electron chi connectivity index (χ4n) is 3.28. The van der Waals surface area contributed by atoms with Crippen molar-refractivity contribution in [3.8, 4) is 17.6 Å². The topological polar surface area (TPSA) is 100 Å². The molecule has 0 aliphatic carbocycles. The number of carbonyl (C=O) groups excluding carboxylic acids is 2. The average molecular weight is 613 g/mol. The quantitative estimate of drug-likeness (QED) is 0.175. The Balaban J connectivity index is 1.76. The van der Waals surface area contributed by atoms with Crippen LogP contribution < -0.4 is 20.1 Å². The molecule has 0 bridgehead atoms. The van der Waals surface area contributed by atoms with E-state index >= 15 is 0 Å². The Morgan fingerprint density at radius 2 is 1.70 bits per heavy atom. The van der Waals surface area contributed by atoms with Gasteiger partial charge in [-0.15, -0.1) is 0 Å². The molecule has 2 amide bonds. The zero-order chi connectivity index (χ0) is 26.9. The highest BCUT2D eigenvalue weighted by Crippen LogP contribution is 2.35. The average Bonchev–Trinajstić information content (AvgIpc) is 2.85. The summed E-state index contributed by atoms with van der Waals surface area (Å²) in [5, 5.41) is 14.9. The zero-order valence-corrected chi connectivity index (χ0v) is 22.7. The van der Waals surface area contributed by atoms with Crippen molar-refractivity contribution < 1.29 is 23.5 Å². The highest BCUT2D eigenvalue weighted by atomic mass is 127. The second kappa shape index (κ2) is 12.9. The number of carbonyl (C=O) groups is 2. The van der Waals surface area contributed by atoms with Crippen LogP contribution in [0.25, 0.3) is 6.08 Å². The third kappa shape index (κ3) is 7.79. The number of nitrogens with one attached hydrogen (secondary N) is 2. The van der Waals surface area contributed by atoms with Gasteiger partial charge < -0.3 is 20.1 Å². The minimum atomic E-state index is -0.634.